The number of amides is 1. The maximum Gasteiger partial charge on any atom is 0.287 e. The van der Waals surface area contributed by atoms with E-state index in [0.717, 1.165) is 19.3 Å². The van der Waals surface area contributed by atoms with Crippen LogP contribution >= 0.6 is 0 Å². The number of carbonyl (C=O) groups is 1. The van der Waals surface area contributed by atoms with Crippen molar-refractivity contribution in [1.29, 1.82) is 0 Å². The van der Waals surface area contributed by atoms with Crippen LogP contribution in [-0.4, -0.2) is 34.1 Å². The lowest BCUT2D eigenvalue weighted by atomic mass is 9.82. The standard InChI is InChI=1S/C18H21N3O3/c22-16-13-6-2-3-7-14(13)20-15(21-16)17(23)19-12-10-18(24-11-12)8-4-1-5-9-18/h2-3,6-7,12H,1,4-5,8-11H2,(H,19,23)(H,20,21,22). The summed E-state index contributed by atoms with van der Waals surface area (Å²) in [5, 5.41) is 3.45. The lowest BCUT2D eigenvalue weighted by Crippen LogP contribution is -2.38. The van der Waals surface area contributed by atoms with Gasteiger partial charge in [-0.3, -0.25) is 9.59 Å². The van der Waals surface area contributed by atoms with Gasteiger partial charge in [0.05, 0.1) is 29.2 Å². The largest absolute Gasteiger partial charge is 0.373 e. The van der Waals surface area contributed by atoms with Crippen molar-refractivity contribution in [2.75, 3.05) is 6.61 Å². The van der Waals surface area contributed by atoms with Gasteiger partial charge in [-0.15, -0.1) is 0 Å². The molecule has 1 saturated heterocycles. The second kappa shape index (κ2) is 6.02. The van der Waals surface area contributed by atoms with E-state index in [9.17, 15) is 9.59 Å². The van der Waals surface area contributed by atoms with Gasteiger partial charge >= 0.3 is 0 Å². The van der Waals surface area contributed by atoms with Gasteiger partial charge in [0.1, 0.15) is 0 Å². The number of H-pyrrole nitrogens is 1. The lowest BCUT2D eigenvalue weighted by molar-refractivity contribution is -0.0246. The summed E-state index contributed by atoms with van der Waals surface area (Å²) in [6, 6.07) is 6.98. The fourth-order valence-electron chi connectivity index (χ4n) is 3.93. The average Bonchev–Trinajstić information content (AvgIpc) is 2.97. The molecule has 2 heterocycles. The first-order valence-corrected chi connectivity index (χ1v) is 8.59. The molecule has 4 rings (SSSR count). The number of aromatic nitrogens is 2. The third-order valence-corrected chi connectivity index (χ3v) is 5.14. The van der Waals surface area contributed by atoms with E-state index < -0.39 is 0 Å². The number of ether oxygens (including phenoxy) is 1. The Bertz CT molecular complexity index is 824. The molecule has 1 aliphatic carbocycles. The molecule has 1 aromatic heterocycles. The van der Waals surface area contributed by atoms with Gasteiger partial charge in [0.15, 0.2) is 5.82 Å². The maximum absolute atomic E-state index is 12.5. The number of rotatable bonds is 2. The number of hydrogen-bond acceptors (Lipinski definition) is 4. The molecular weight excluding hydrogens is 306 g/mol. The summed E-state index contributed by atoms with van der Waals surface area (Å²) in [6.45, 7) is 0.531. The summed E-state index contributed by atoms with van der Waals surface area (Å²) < 4.78 is 6.02. The zero-order chi connectivity index (χ0) is 16.6. The van der Waals surface area contributed by atoms with Crippen molar-refractivity contribution in [2.24, 2.45) is 0 Å². The van der Waals surface area contributed by atoms with Crippen molar-refractivity contribution < 1.29 is 9.53 Å². The van der Waals surface area contributed by atoms with Crippen LogP contribution in [-0.2, 0) is 4.74 Å². The maximum atomic E-state index is 12.5. The predicted octanol–water partition coefficient (Wildman–Crippen LogP) is 2.14. The van der Waals surface area contributed by atoms with Crippen molar-refractivity contribution in [3.05, 3.63) is 40.4 Å². The molecule has 1 spiro atoms. The van der Waals surface area contributed by atoms with Gasteiger partial charge in [0.25, 0.3) is 11.5 Å². The van der Waals surface area contributed by atoms with Crippen LogP contribution in [0.2, 0.25) is 0 Å². The van der Waals surface area contributed by atoms with Gasteiger partial charge in [-0.25, -0.2) is 4.98 Å². The first kappa shape index (κ1) is 15.3. The van der Waals surface area contributed by atoms with E-state index in [-0.39, 0.29) is 28.9 Å². The number of hydrogen-bond donors (Lipinski definition) is 2. The topological polar surface area (TPSA) is 84.1 Å². The second-order valence-corrected chi connectivity index (χ2v) is 6.86. The number of para-hydroxylation sites is 1. The summed E-state index contributed by atoms with van der Waals surface area (Å²) in [6.07, 6.45) is 6.65. The number of aromatic amines is 1. The lowest BCUT2D eigenvalue weighted by Gasteiger charge is -2.32. The van der Waals surface area contributed by atoms with Gasteiger partial charge in [0, 0.05) is 0 Å². The van der Waals surface area contributed by atoms with Crippen LogP contribution in [0.3, 0.4) is 0 Å². The van der Waals surface area contributed by atoms with Crippen molar-refractivity contribution in [3.63, 3.8) is 0 Å². The minimum atomic E-state index is -0.348. The molecule has 0 bridgehead atoms. The monoisotopic (exact) mass is 327 g/mol. The van der Waals surface area contributed by atoms with Crippen molar-refractivity contribution in [2.45, 2.75) is 50.2 Å². The van der Waals surface area contributed by atoms with Crippen LogP contribution in [0.25, 0.3) is 10.9 Å². The molecule has 0 radical (unpaired) electrons. The molecule has 1 unspecified atom stereocenters. The van der Waals surface area contributed by atoms with Crippen molar-refractivity contribution >= 4 is 16.8 Å². The molecule has 2 fully saturated rings. The van der Waals surface area contributed by atoms with Crippen molar-refractivity contribution in [3.8, 4) is 0 Å². The molecule has 6 heteroatoms. The molecule has 2 aliphatic rings. The Morgan fingerprint density at radius 1 is 1.25 bits per heavy atom. The van der Waals surface area contributed by atoms with Gasteiger partial charge < -0.3 is 15.0 Å². The Morgan fingerprint density at radius 3 is 2.88 bits per heavy atom. The zero-order valence-corrected chi connectivity index (χ0v) is 13.5. The molecule has 126 valence electrons. The van der Waals surface area contributed by atoms with Crippen LogP contribution in [0.4, 0.5) is 0 Å². The van der Waals surface area contributed by atoms with Crippen LogP contribution in [0.5, 0.6) is 0 Å². The number of benzene rings is 1. The fraction of sp³-hybridized carbons (Fsp3) is 0.500. The molecule has 1 aliphatic heterocycles. The molecule has 6 nitrogen and oxygen atoms in total. The SMILES string of the molecule is O=C(NC1COC2(CCCCC2)C1)c1nc2ccccc2c(=O)[nH]1. The van der Waals surface area contributed by atoms with Crippen molar-refractivity contribution in [1.82, 2.24) is 15.3 Å². The summed E-state index contributed by atoms with van der Waals surface area (Å²) in [7, 11) is 0. The van der Waals surface area contributed by atoms with Gasteiger partial charge in [-0.1, -0.05) is 31.4 Å². The Morgan fingerprint density at radius 2 is 2.04 bits per heavy atom. The molecule has 2 N–H and O–H groups in total. The first-order valence-electron chi connectivity index (χ1n) is 8.59. The van der Waals surface area contributed by atoms with Gasteiger partial charge in [-0.2, -0.15) is 0 Å². The van der Waals surface area contributed by atoms with E-state index >= 15 is 0 Å². The number of nitrogens with zero attached hydrogens (tertiary/aromatic N) is 1. The highest BCUT2D eigenvalue weighted by Gasteiger charge is 2.41. The molecule has 1 atom stereocenters. The number of nitrogens with one attached hydrogen (secondary N) is 2. The highest BCUT2D eigenvalue weighted by Crippen LogP contribution is 2.39. The zero-order valence-electron chi connectivity index (χ0n) is 13.5. The molecule has 24 heavy (non-hydrogen) atoms. The Hall–Kier alpha value is -2.21. The minimum Gasteiger partial charge on any atom is -0.373 e. The van der Waals surface area contributed by atoms with Crippen LogP contribution in [0.1, 0.15) is 49.1 Å². The summed E-state index contributed by atoms with van der Waals surface area (Å²) in [5.74, 6) is -0.289. The van der Waals surface area contributed by atoms with E-state index in [1.165, 1.54) is 19.3 Å². The first-order chi connectivity index (χ1) is 11.7. The summed E-state index contributed by atoms with van der Waals surface area (Å²) in [4.78, 5) is 31.4. The number of carbonyl (C=O) groups excluding carboxylic acids is 1. The van der Waals surface area contributed by atoms with Gasteiger partial charge in [0.2, 0.25) is 0 Å². The molecular formula is C18H21N3O3. The molecule has 2 aromatic rings. The quantitative estimate of drug-likeness (QED) is 0.885. The van der Waals surface area contributed by atoms with E-state index in [4.69, 9.17) is 4.74 Å². The van der Waals surface area contributed by atoms with Gasteiger partial charge in [-0.05, 0) is 31.4 Å². The van der Waals surface area contributed by atoms with E-state index in [1.807, 2.05) is 0 Å². The minimum absolute atomic E-state index is 0.0210. The van der Waals surface area contributed by atoms with E-state index in [1.54, 1.807) is 24.3 Å². The van der Waals surface area contributed by atoms with E-state index in [0.29, 0.717) is 17.5 Å². The fourth-order valence-corrected chi connectivity index (χ4v) is 3.93. The Labute approximate surface area is 139 Å². The number of fused-ring (bicyclic) bond motifs is 1. The predicted molar refractivity (Wildman–Crippen MR) is 90.0 cm³/mol. The third-order valence-electron chi connectivity index (χ3n) is 5.14. The summed E-state index contributed by atoms with van der Waals surface area (Å²) >= 11 is 0. The van der Waals surface area contributed by atoms with Crippen LogP contribution in [0.15, 0.2) is 29.1 Å². The third kappa shape index (κ3) is 2.82. The Balaban J connectivity index is 1.50. The average molecular weight is 327 g/mol. The normalized spacial score (nSPS) is 22.8. The Kier molecular flexibility index (Phi) is 3.84. The molecule has 1 aromatic carbocycles. The van der Waals surface area contributed by atoms with E-state index in [2.05, 4.69) is 15.3 Å². The second-order valence-electron chi connectivity index (χ2n) is 6.86. The van der Waals surface area contributed by atoms with Crippen LogP contribution in [0, 0.1) is 0 Å². The summed E-state index contributed by atoms with van der Waals surface area (Å²) in [5.41, 5.74) is 0.176. The smallest absolute Gasteiger partial charge is 0.287 e. The highest BCUT2D eigenvalue weighted by molar-refractivity contribution is 5.92. The highest BCUT2D eigenvalue weighted by atomic mass is 16.5. The molecule has 1 amide bonds. The molecule has 1 saturated carbocycles. The van der Waals surface area contributed by atoms with Crippen LogP contribution < -0.4 is 10.9 Å².